The van der Waals surface area contributed by atoms with Crippen LogP contribution in [0.3, 0.4) is 0 Å². The Morgan fingerprint density at radius 1 is 1.09 bits per heavy atom. The summed E-state index contributed by atoms with van der Waals surface area (Å²) in [5.74, 6) is -0.648. The number of ether oxygens (including phenoxy) is 2. The van der Waals surface area contributed by atoms with Gasteiger partial charge in [0, 0.05) is 17.5 Å². The molecule has 0 spiro atoms. The van der Waals surface area contributed by atoms with Gasteiger partial charge in [-0.15, -0.1) is 0 Å². The van der Waals surface area contributed by atoms with Gasteiger partial charge in [0.2, 0.25) is 0 Å². The number of amides is 2. The molecule has 2 aromatic carbocycles. The van der Waals surface area contributed by atoms with Gasteiger partial charge < -0.3 is 9.47 Å². The van der Waals surface area contributed by atoms with Gasteiger partial charge in [0.25, 0.3) is 17.4 Å². The Balaban J connectivity index is 1.83. The van der Waals surface area contributed by atoms with E-state index in [2.05, 4.69) is 16.0 Å². The Hall–Kier alpha value is -3.59. The summed E-state index contributed by atoms with van der Waals surface area (Å²) in [6, 6.07) is 9.53. The van der Waals surface area contributed by atoms with Crippen LogP contribution in [0.1, 0.15) is 41.1 Å². The van der Waals surface area contributed by atoms with Gasteiger partial charge in [-0.05, 0) is 31.5 Å². The van der Waals surface area contributed by atoms with E-state index in [1.807, 2.05) is 6.92 Å². The zero-order valence-corrected chi connectivity index (χ0v) is 18.7. The van der Waals surface area contributed by atoms with Crippen LogP contribution in [0, 0.1) is 0 Å². The normalized spacial score (nSPS) is 10.6. The Morgan fingerprint density at radius 2 is 1.78 bits per heavy atom. The third-order valence-corrected chi connectivity index (χ3v) is 4.89. The van der Waals surface area contributed by atoms with E-state index in [4.69, 9.17) is 21.1 Å². The summed E-state index contributed by atoms with van der Waals surface area (Å²) < 4.78 is 12.0. The number of nitrogens with one attached hydrogen (secondary N) is 2. The molecular weight excluding hydrogens is 436 g/mol. The molecule has 1 aromatic heterocycles. The van der Waals surface area contributed by atoms with E-state index < -0.39 is 11.8 Å². The maximum Gasteiger partial charge on any atom is 0.290 e. The van der Waals surface area contributed by atoms with Gasteiger partial charge in [-0.3, -0.25) is 25.2 Å². The molecule has 0 saturated heterocycles. The topological polar surface area (TPSA) is 112 Å². The Labute approximate surface area is 189 Å². The van der Waals surface area contributed by atoms with Crippen LogP contribution in [0.5, 0.6) is 11.5 Å². The van der Waals surface area contributed by atoms with Crippen LogP contribution < -0.4 is 25.9 Å². The number of carbonyl (C=O) groups excluding carboxylic acids is 2. The second-order valence-corrected chi connectivity index (χ2v) is 7.17. The fraction of sp³-hybridized carbons (Fsp3) is 0.273. The molecule has 0 atom stereocenters. The molecule has 0 aliphatic carbocycles. The van der Waals surface area contributed by atoms with E-state index in [0.717, 1.165) is 6.42 Å². The van der Waals surface area contributed by atoms with Crippen LogP contribution >= 0.6 is 11.6 Å². The number of hydrogen-bond acceptors (Lipinski definition) is 6. The van der Waals surface area contributed by atoms with Crippen molar-refractivity contribution in [3.8, 4) is 11.5 Å². The van der Waals surface area contributed by atoms with Gasteiger partial charge >= 0.3 is 0 Å². The molecule has 32 heavy (non-hydrogen) atoms. The molecule has 0 fully saturated rings. The average molecular weight is 459 g/mol. The van der Waals surface area contributed by atoms with Gasteiger partial charge in [-0.1, -0.05) is 36.7 Å². The van der Waals surface area contributed by atoms with Gasteiger partial charge in [0.15, 0.2) is 17.2 Å². The standard InChI is InChI=1S/C22H23ClN4O5/c1-4-10-32-19-16(23)11-13(12-17(19)31-3)20(28)24-25-21(29)18-14-8-6-7-9-15(14)22(30)27(5-2)26-18/h6-9,11-12H,4-5,10H2,1-3H3,(H,24,28)(H,25,29). The smallest absolute Gasteiger partial charge is 0.290 e. The van der Waals surface area contributed by atoms with Crippen LogP contribution in [0.25, 0.3) is 10.8 Å². The lowest BCUT2D eigenvalue weighted by Crippen LogP contribution is -2.42. The van der Waals surface area contributed by atoms with Crippen LogP contribution in [0.4, 0.5) is 0 Å². The number of halogens is 1. The van der Waals surface area contributed by atoms with Gasteiger partial charge in [0.05, 0.1) is 24.1 Å². The van der Waals surface area contributed by atoms with Crippen molar-refractivity contribution >= 4 is 34.2 Å². The van der Waals surface area contributed by atoms with Gasteiger partial charge in [0.1, 0.15) is 0 Å². The number of carbonyl (C=O) groups is 2. The van der Waals surface area contributed by atoms with Gasteiger partial charge in [-0.25, -0.2) is 4.68 Å². The Morgan fingerprint density at radius 3 is 2.44 bits per heavy atom. The van der Waals surface area contributed by atoms with Crippen LogP contribution in [0.15, 0.2) is 41.2 Å². The molecule has 0 radical (unpaired) electrons. The van der Waals surface area contributed by atoms with Crippen molar-refractivity contribution in [3.63, 3.8) is 0 Å². The average Bonchev–Trinajstić information content (AvgIpc) is 2.81. The summed E-state index contributed by atoms with van der Waals surface area (Å²) in [7, 11) is 1.44. The first-order chi connectivity index (χ1) is 15.4. The summed E-state index contributed by atoms with van der Waals surface area (Å²) in [6.45, 7) is 4.44. The van der Waals surface area contributed by atoms with Crippen molar-refractivity contribution < 1.29 is 19.1 Å². The highest BCUT2D eigenvalue weighted by molar-refractivity contribution is 6.32. The van der Waals surface area contributed by atoms with Crippen molar-refractivity contribution in [2.24, 2.45) is 0 Å². The zero-order valence-electron chi connectivity index (χ0n) is 17.9. The molecule has 2 N–H and O–H groups in total. The molecule has 10 heteroatoms. The van der Waals surface area contributed by atoms with E-state index in [-0.39, 0.29) is 21.8 Å². The lowest BCUT2D eigenvalue weighted by molar-refractivity contribution is 0.0843. The van der Waals surface area contributed by atoms with E-state index >= 15 is 0 Å². The molecule has 0 saturated carbocycles. The molecular formula is C22H23ClN4O5. The lowest BCUT2D eigenvalue weighted by Gasteiger charge is -2.14. The number of nitrogens with zero attached hydrogens (tertiary/aromatic N) is 2. The highest BCUT2D eigenvalue weighted by Crippen LogP contribution is 2.36. The third-order valence-electron chi connectivity index (χ3n) is 4.61. The Bertz CT molecular complexity index is 1220. The number of aryl methyl sites for hydroxylation is 1. The molecule has 3 aromatic rings. The van der Waals surface area contributed by atoms with Gasteiger partial charge in [-0.2, -0.15) is 5.10 Å². The highest BCUT2D eigenvalue weighted by Gasteiger charge is 2.19. The molecule has 9 nitrogen and oxygen atoms in total. The maximum atomic E-state index is 12.8. The SMILES string of the molecule is CCCOc1c(Cl)cc(C(=O)NNC(=O)c2nn(CC)c(=O)c3ccccc23)cc1OC. The highest BCUT2D eigenvalue weighted by atomic mass is 35.5. The van der Waals surface area contributed by atoms with E-state index in [1.54, 1.807) is 31.2 Å². The van der Waals surface area contributed by atoms with E-state index in [9.17, 15) is 14.4 Å². The minimum atomic E-state index is -0.669. The molecule has 0 bridgehead atoms. The molecule has 0 unspecified atom stereocenters. The second kappa shape index (κ2) is 10.1. The number of fused-ring (bicyclic) bond motifs is 1. The van der Waals surface area contributed by atoms with Crippen molar-refractivity contribution in [1.82, 2.24) is 20.6 Å². The van der Waals surface area contributed by atoms with Crippen LogP contribution in [-0.2, 0) is 6.54 Å². The number of rotatable bonds is 7. The van der Waals surface area contributed by atoms with E-state index in [1.165, 1.54) is 23.9 Å². The van der Waals surface area contributed by atoms with Crippen LogP contribution in [-0.4, -0.2) is 35.3 Å². The fourth-order valence-corrected chi connectivity index (χ4v) is 3.32. The first-order valence-electron chi connectivity index (χ1n) is 10.0. The summed E-state index contributed by atoms with van der Waals surface area (Å²) in [4.78, 5) is 37.8. The molecule has 0 aliphatic heterocycles. The number of benzene rings is 2. The number of hydrogen-bond donors (Lipinski definition) is 2. The summed E-state index contributed by atoms with van der Waals surface area (Å²) in [5, 5.41) is 5.09. The second-order valence-electron chi connectivity index (χ2n) is 6.76. The van der Waals surface area contributed by atoms with Crippen molar-refractivity contribution in [3.05, 3.63) is 63.0 Å². The first kappa shape index (κ1) is 23.1. The summed E-state index contributed by atoms with van der Waals surface area (Å²) in [6.07, 6.45) is 0.780. The minimum absolute atomic E-state index is 0.0151. The zero-order chi connectivity index (χ0) is 23.3. The largest absolute Gasteiger partial charge is 0.493 e. The van der Waals surface area contributed by atoms with Crippen molar-refractivity contribution in [2.45, 2.75) is 26.8 Å². The molecule has 3 rings (SSSR count). The molecule has 168 valence electrons. The minimum Gasteiger partial charge on any atom is -0.493 e. The number of aromatic nitrogens is 2. The van der Waals surface area contributed by atoms with E-state index in [0.29, 0.717) is 35.4 Å². The summed E-state index contributed by atoms with van der Waals surface area (Å²) in [5.41, 5.74) is 4.55. The predicted molar refractivity (Wildman–Crippen MR) is 120 cm³/mol. The molecule has 2 amide bonds. The quantitative estimate of drug-likeness (QED) is 0.526. The molecule has 0 aliphatic rings. The summed E-state index contributed by atoms with van der Waals surface area (Å²) >= 11 is 6.25. The predicted octanol–water partition coefficient (Wildman–Crippen LogP) is 2.94. The monoisotopic (exact) mass is 458 g/mol. The maximum absolute atomic E-state index is 12.8. The fourth-order valence-electron chi connectivity index (χ4n) is 3.06. The van der Waals surface area contributed by atoms with Crippen molar-refractivity contribution in [1.29, 1.82) is 0 Å². The van der Waals surface area contributed by atoms with Crippen LogP contribution in [0.2, 0.25) is 5.02 Å². The Kier molecular flexibility index (Phi) is 7.32. The first-order valence-corrected chi connectivity index (χ1v) is 10.4. The number of hydrazine groups is 1. The van der Waals surface area contributed by atoms with Crippen molar-refractivity contribution in [2.75, 3.05) is 13.7 Å². The third kappa shape index (κ3) is 4.67. The lowest BCUT2D eigenvalue weighted by atomic mass is 10.1. The molecule has 1 heterocycles. The number of methoxy groups -OCH3 is 1.